The maximum Gasteiger partial charge on any atom is 0.230 e. The van der Waals surface area contributed by atoms with Crippen molar-refractivity contribution >= 4 is 27.5 Å². The first-order valence-electron chi connectivity index (χ1n) is 8.67. The molecule has 0 saturated carbocycles. The van der Waals surface area contributed by atoms with Gasteiger partial charge in [-0.25, -0.2) is 4.98 Å². The van der Waals surface area contributed by atoms with Crippen molar-refractivity contribution in [3.63, 3.8) is 0 Å². The maximum atomic E-state index is 11.7. The fraction of sp³-hybridized carbons (Fsp3) is 0.143. The number of thiazole rings is 1. The normalized spacial score (nSPS) is 10.7. The van der Waals surface area contributed by atoms with Gasteiger partial charge in [-0.1, -0.05) is 42.3 Å². The zero-order valence-electron chi connectivity index (χ0n) is 14.9. The van der Waals surface area contributed by atoms with Crippen molar-refractivity contribution in [1.82, 2.24) is 20.5 Å². The molecule has 0 spiro atoms. The largest absolute Gasteiger partial charge is 0.424 e. The molecule has 28 heavy (non-hydrogen) atoms. The highest BCUT2D eigenvalue weighted by Gasteiger charge is 2.13. The number of rotatable bonds is 6. The van der Waals surface area contributed by atoms with E-state index in [9.17, 15) is 4.79 Å². The lowest BCUT2D eigenvalue weighted by molar-refractivity contribution is -0.120. The fourth-order valence-electron chi connectivity index (χ4n) is 2.77. The third-order valence-corrected chi connectivity index (χ3v) is 5.07. The first-order chi connectivity index (χ1) is 13.7. The Morgan fingerprint density at radius 2 is 1.93 bits per heavy atom. The predicted octanol–water partition coefficient (Wildman–Crippen LogP) is 3.23. The van der Waals surface area contributed by atoms with E-state index in [1.54, 1.807) is 11.3 Å². The Kier molecular flexibility index (Phi) is 5.13. The molecule has 0 aliphatic heterocycles. The van der Waals surface area contributed by atoms with Gasteiger partial charge < -0.3 is 9.73 Å². The Morgan fingerprint density at radius 3 is 2.75 bits per heavy atom. The second kappa shape index (κ2) is 8.03. The molecule has 1 amide bonds. The molecule has 0 fully saturated rings. The van der Waals surface area contributed by atoms with E-state index >= 15 is 0 Å². The van der Waals surface area contributed by atoms with E-state index < -0.39 is 0 Å². The Balaban J connectivity index is 1.48. The molecule has 4 rings (SSSR count). The minimum absolute atomic E-state index is 0.00889. The zero-order valence-corrected chi connectivity index (χ0v) is 15.7. The van der Waals surface area contributed by atoms with Gasteiger partial charge in [0.1, 0.15) is 11.4 Å². The van der Waals surface area contributed by atoms with Crippen LogP contribution in [-0.2, 0) is 17.6 Å². The van der Waals surface area contributed by atoms with E-state index in [1.807, 2.05) is 24.3 Å². The van der Waals surface area contributed by atoms with E-state index in [4.69, 9.17) is 10.8 Å². The third-order valence-electron chi connectivity index (χ3n) is 4.05. The number of benzene rings is 2. The number of hydrogen-bond acceptors (Lipinski definition) is 6. The standard InChI is InChI=1S/C21H16N4O2S/c1-2-10-22-18(26)12-19-24-25-20(27-19)13-21-23-16-9-8-15(11-17(16)28-21)14-6-4-3-5-7-14/h1,3-9,11H,10,12-13H2,(H,22,26). The van der Waals surface area contributed by atoms with Crippen molar-refractivity contribution in [2.75, 3.05) is 6.54 Å². The molecule has 0 unspecified atom stereocenters. The lowest BCUT2D eigenvalue weighted by atomic mass is 10.1. The van der Waals surface area contributed by atoms with Crippen LogP contribution in [0.5, 0.6) is 0 Å². The molecule has 0 bridgehead atoms. The van der Waals surface area contributed by atoms with Crippen LogP contribution in [0.3, 0.4) is 0 Å². The van der Waals surface area contributed by atoms with E-state index in [0.717, 1.165) is 20.8 Å². The summed E-state index contributed by atoms with van der Waals surface area (Å²) in [6, 6.07) is 16.5. The number of amides is 1. The number of aromatic nitrogens is 3. The van der Waals surface area contributed by atoms with Gasteiger partial charge in [-0.15, -0.1) is 28.0 Å². The van der Waals surface area contributed by atoms with Gasteiger partial charge in [0, 0.05) is 0 Å². The molecule has 4 aromatic rings. The van der Waals surface area contributed by atoms with Crippen LogP contribution in [0.15, 0.2) is 52.9 Å². The second-order valence-electron chi connectivity index (χ2n) is 6.08. The SMILES string of the molecule is C#CCNC(=O)Cc1nnc(Cc2nc3ccc(-c4ccccc4)cc3s2)o1. The number of nitrogens with zero attached hydrogens (tertiary/aromatic N) is 3. The van der Waals surface area contributed by atoms with Crippen molar-refractivity contribution in [3.8, 4) is 23.5 Å². The average Bonchev–Trinajstić information content (AvgIpc) is 3.32. The summed E-state index contributed by atoms with van der Waals surface area (Å²) in [7, 11) is 0. The summed E-state index contributed by atoms with van der Waals surface area (Å²) in [6.07, 6.45) is 5.55. The number of fused-ring (bicyclic) bond motifs is 1. The summed E-state index contributed by atoms with van der Waals surface area (Å²) in [5, 5.41) is 11.4. The molecule has 0 aliphatic rings. The molecule has 2 heterocycles. The molecule has 1 N–H and O–H groups in total. The maximum absolute atomic E-state index is 11.7. The average molecular weight is 388 g/mol. The number of carbonyl (C=O) groups excluding carboxylic acids is 1. The van der Waals surface area contributed by atoms with Crippen molar-refractivity contribution in [2.24, 2.45) is 0 Å². The Morgan fingerprint density at radius 1 is 1.11 bits per heavy atom. The topological polar surface area (TPSA) is 80.9 Å². The highest BCUT2D eigenvalue weighted by Crippen LogP contribution is 2.29. The van der Waals surface area contributed by atoms with Crippen LogP contribution in [0.2, 0.25) is 0 Å². The van der Waals surface area contributed by atoms with Crippen LogP contribution in [0.1, 0.15) is 16.8 Å². The molecule has 6 nitrogen and oxygen atoms in total. The number of terminal acetylenes is 1. The predicted molar refractivity (Wildman–Crippen MR) is 108 cm³/mol. The second-order valence-corrected chi connectivity index (χ2v) is 7.20. The van der Waals surface area contributed by atoms with Crippen LogP contribution in [0, 0.1) is 12.3 Å². The van der Waals surface area contributed by atoms with Crippen LogP contribution in [0.25, 0.3) is 21.3 Å². The lowest BCUT2D eigenvalue weighted by Gasteiger charge is -2.00. The molecule has 0 atom stereocenters. The van der Waals surface area contributed by atoms with Gasteiger partial charge in [-0.05, 0) is 23.3 Å². The van der Waals surface area contributed by atoms with Gasteiger partial charge in [-0.2, -0.15) is 0 Å². The summed E-state index contributed by atoms with van der Waals surface area (Å²) in [5.74, 6) is 2.79. The van der Waals surface area contributed by atoms with Gasteiger partial charge in [-0.3, -0.25) is 4.79 Å². The van der Waals surface area contributed by atoms with Crippen molar-refractivity contribution < 1.29 is 9.21 Å². The van der Waals surface area contributed by atoms with Crippen molar-refractivity contribution in [2.45, 2.75) is 12.8 Å². The molecule has 138 valence electrons. The summed E-state index contributed by atoms with van der Waals surface area (Å²) >= 11 is 1.59. The smallest absolute Gasteiger partial charge is 0.230 e. The summed E-state index contributed by atoms with van der Waals surface area (Å²) < 4.78 is 6.66. The fourth-order valence-corrected chi connectivity index (χ4v) is 3.77. The van der Waals surface area contributed by atoms with Crippen molar-refractivity contribution in [3.05, 3.63) is 65.3 Å². The molecule has 0 aliphatic carbocycles. The first kappa shape index (κ1) is 17.9. The van der Waals surface area contributed by atoms with E-state index in [-0.39, 0.29) is 24.8 Å². The molecular weight excluding hydrogens is 372 g/mol. The lowest BCUT2D eigenvalue weighted by Crippen LogP contribution is -2.25. The van der Waals surface area contributed by atoms with E-state index in [2.05, 4.69) is 50.7 Å². The number of carbonyl (C=O) groups is 1. The Bertz CT molecular complexity index is 1160. The molecular formula is C21H16N4O2S. The quantitative estimate of drug-likeness (QED) is 0.513. The van der Waals surface area contributed by atoms with Gasteiger partial charge in [0.2, 0.25) is 17.7 Å². The number of hydrogen-bond donors (Lipinski definition) is 1. The minimum Gasteiger partial charge on any atom is -0.424 e. The van der Waals surface area contributed by atoms with Crippen LogP contribution in [-0.4, -0.2) is 27.6 Å². The van der Waals surface area contributed by atoms with Crippen molar-refractivity contribution in [1.29, 1.82) is 0 Å². The Labute approximate surface area is 165 Å². The highest BCUT2D eigenvalue weighted by atomic mass is 32.1. The van der Waals surface area contributed by atoms with Gasteiger partial charge in [0.25, 0.3) is 0 Å². The van der Waals surface area contributed by atoms with E-state index in [1.165, 1.54) is 5.56 Å². The molecule has 2 aromatic carbocycles. The summed E-state index contributed by atoms with van der Waals surface area (Å²) in [4.78, 5) is 16.3. The minimum atomic E-state index is -0.249. The highest BCUT2D eigenvalue weighted by molar-refractivity contribution is 7.18. The van der Waals surface area contributed by atoms with Crippen LogP contribution in [0.4, 0.5) is 0 Å². The monoisotopic (exact) mass is 388 g/mol. The molecule has 7 heteroatoms. The van der Waals surface area contributed by atoms with Crippen LogP contribution >= 0.6 is 11.3 Å². The third kappa shape index (κ3) is 4.08. The van der Waals surface area contributed by atoms with Gasteiger partial charge in [0.15, 0.2) is 0 Å². The zero-order chi connectivity index (χ0) is 19.3. The molecule has 2 aromatic heterocycles. The van der Waals surface area contributed by atoms with Gasteiger partial charge in [0.05, 0.1) is 23.2 Å². The molecule has 0 saturated heterocycles. The molecule has 0 radical (unpaired) electrons. The summed E-state index contributed by atoms with van der Waals surface area (Å²) in [6.45, 7) is 0.177. The summed E-state index contributed by atoms with van der Waals surface area (Å²) in [5.41, 5.74) is 3.26. The van der Waals surface area contributed by atoms with E-state index in [0.29, 0.717) is 12.3 Å². The first-order valence-corrected chi connectivity index (χ1v) is 9.49. The number of nitrogens with one attached hydrogen (secondary N) is 1. The van der Waals surface area contributed by atoms with Gasteiger partial charge >= 0.3 is 0 Å². The van der Waals surface area contributed by atoms with Crippen LogP contribution < -0.4 is 5.32 Å². The Hall–Kier alpha value is -3.50.